The number of rotatable bonds is 4. The van der Waals surface area contributed by atoms with Crippen molar-refractivity contribution in [1.82, 2.24) is 4.90 Å². The van der Waals surface area contributed by atoms with E-state index in [0.717, 1.165) is 6.42 Å². The molecule has 1 aliphatic rings. The zero-order valence-electron chi connectivity index (χ0n) is 9.30. The molecule has 0 aromatic carbocycles. The number of hydrogen-bond acceptors (Lipinski definition) is 4. The van der Waals surface area contributed by atoms with Crippen molar-refractivity contribution >= 4 is 15.2 Å². The quantitative estimate of drug-likeness (QED) is 0.435. The van der Waals surface area contributed by atoms with Crippen molar-refractivity contribution in [2.75, 3.05) is 13.6 Å². The molecule has 5 N–H and O–H groups in total. The van der Waals surface area contributed by atoms with Crippen LogP contribution in [0, 0.1) is 0 Å². The van der Waals surface area contributed by atoms with Gasteiger partial charge in [-0.2, -0.15) is 0 Å². The molecule has 1 fully saturated rings. The van der Waals surface area contributed by atoms with Crippen molar-refractivity contribution in [3.8, 4) is 0 Å². The Morgan fingerprint density at radius 2 is 1.71 bits per heavy atom. The van der Waals surface area contributed by atoms with E-state index >= 15 is 0 Å². The van der Waals surface area contributed by atoms with Gasteiger partial charge in [0.2, 0.25) is 0 Å². The van der Waals surface area contributed by atoms with Crippen LogP contribution in [0.15, 0.2) is 0 Å². The average molecular weight is 289 g/mol. The molecule has 1 heterocycles. The lowest BCUT2D eigenvalue weighted by Crippen LogP contribution is -2.37. The van der Waals surface area contributed by atoms with Gasteiger partial charge in [0.25, 0.3) is 5.08 Å². The lowest BCUT2D eigenvalue weighted by atomic mass is 10.1. The molecule has 17 heavy (non-hydrogen) atoms. The topological polar surface area (TPSA) is 139 Å². The second-order valence-corrected chi connectivity index (χ2v) is 8.35. The van der Waals surface area contributed by atoms with Gasteiger partial charge in [0, 0.05) is 12.5 Å². The van der Waals surface area contributed by atoms with E-state index in [0.29, 0.717) is 13.0 Å². The molecule has 0 aliphatic carbocycles. The van der Waals surface area contributed by atoms with Crippen LogP contribution >= 0.6 is 15.2 Å². The van der Waals surface area contributed by atoms with Crippen molar-refractivity contribution in [1.29, 1.82) is 0 Å². The van der Waals surface area contributed by atoms with Crippen LogP contribution in [0.3, 0.4) is 0 Å². The Balaban J connectivity index is 3.01. The first-order valence-electron chi connectivity index (χ1n) is 5.03. The molecule has 10 heteroatoms. The van der Waals surface area contributed by atoms with E-state index in [4.69, 9.17) is 19.6 Å². The van der Waals surface area contributed by atoms with Crippen LogP contribution in [0.25, 0.3) is 0 Å². The first-order valence-corrected chi connectivity index (χ1v) is 8.25. The summed E-state index contributed by atoms with van der Waals surface area (Å²) in [6.45, 7) is 0.670. The minimum atomic E-state index is -5.32. The maximum atomic E-state index is 11.1. The Kier molecular flexibility index (Phi) is 4.24. The molecule has 0 amide bonds. The molecule has 1 unspecified atom stereocenters. The normalized spacial score (nSPS) is 24.2. The predicted molar refractivity (Wildman–Crippen MR) is 59.3 cm³/mol. The monoisotopic (exact) mass is 289 g/mol. The lowest BCUT2D eigenvalue weighted by Gasteiger charge is -2.33. The first-order chi connectivity index (χ1) is 7.49. The Morgan fingerprint density at radius 1 is 1.24 bits per heavy atom. The van der Waals surface area contributed by atoms with Gasteiger partial charge in [0.1, 0.15) is 0 Å². The fourth-order valence-corrected chi connectivity index (χ4v) is 4.22. The smallest absolute Gasteiger partial charge is 0.367 e. The number of hydrogen-bond donors (Lipinski definition) is 5. The van der Waals surface area contributed by atoms with E-state index in [1.165, 1.54) is 0 Å². The molecule has 0 spiro atoms. The van der Waals surface area contributed by atoms with Gasteiger partial charge in [-0.3, -0.25) is 9.13 Å². The molecule has 8 nitrogen and oxygen atoms in total. The molecular formula is C7H17NO7P2. The van der Waals surface area contributed by atoms with Crippen LogP contribution in [-0.4, -0.2) is 54.3 Å². The molecule has 0 aromatic heterocycles. The van der Waals surface area contributed by atoms with Crippen LogP contribution in [-0.2, 0) is 9.13 Å². The molecule has 0 aromatic rings. The molecule has 0 saturated carbocycles. The van der Waals surface area contributed by atoms with Gasteiger partial charge in [-0.05, 0) is 26.4 Å². The highest BCUT2D eigenvalue weighted by Gasteiger charge is 2.60. The van der Waals surface area contributed by atoms with E-state index in [9.17, 15) is 14.2 Å². The minimum Gasteiger partial charge on any atom is -0.367 e. The summed E-state index contributed by atoms with van der Waals surface area (Å²) >= 11 is 0. The summed E-state index contributed by atoms with van der Waals surface area (Å²) in [5.41, 5.74) is 0. The lowest BCUT2D eigenvalue weighted by molar-refractivity contribution is 0.0985. The summed E-state index contributed by atoms with van der Waals surface area (Å²) in [4.78, 5) is 37.6. The van der Waals surface area contributed by atoms with Gasteiger partial charge in [-0.1, -0.05) is 0 Å². The Morgan fingerprint density at radius 3 is 2.00 bits per heavy atom. The maximum Gasteiger partial charge on any atom is 0.369 e. The second-order valence-electron chi connectivity index (χ2n) is 4.34. The molecule has 1 atom stereocenters. The highest BCUT2D eigenvalue weighted by atomic mass is 31.2. The van der Waals surface area contributed by atoms with E-state index in [2.05, 4.69) is 0 Å². The Bertz CT molecular complexity index is 352. The van der Waals surface area contributed by atoms with Gasteiger partial charge in [0.15, 0.2) is 0 Å². The van der Waals surface area contributed by atoms with Gasteiger partial charge < -0.3 is 29.6 Å². The second kappa shape index (κ2) is 4.72. The minimum absolute atomic E-state index is 0.444. The standard InChI is InChI=1S/C7H17NO7P2/c1-8-4-2-3-6(8)5-7(9,16(10,11)12)17(13,14)15/h6,9H,2-5H2,1H3,(H2,10,11,12)(H2,13,14,15). The molecule has 1 saturated heterocycles. The van der Waals surface area contributed by atoms with E-state index in [1.807, 2.05) is 0 Å². The first kappa shape index (κ1) is 15.3. The molecular weight excluding hydrogens is 272 g/mol. The fourth-order valence-electron chi connectivity index (χ4n) is 1.96. The zero-order chi connectivity index (χ0) is 13.5. The molecule has 0 bridgehead atoms. The third-order valence-electron chi connectivity index (χ3n) is 3.11. The van der Waals surface area contributed by atoms with Crippen molar-refractivity contribution in [2.24, 2.45) is 0 Å². The van der Waals surface area contributed by atoms with Gasteiger partial charge in [-0.25, -0.2) is 0 Å². The molecule has 0 radical (unpaired) electrons. The van der Waals surface area contributed by atoms with Gasteiger partial charge in [0.05, 0.1) is 0 Å². The van der Waals surface area contributed by atoms with E-state index in [-0.39, 0.29) is 0 Å². The Hall–Kier alpha value is 0.220. The average Bonchev–Trinajstić information content (AvgIpc) is 2.47. The summed E-state index contributed by atoms with van der Waals surface area (Å²) in [6.07, 6.45) is 0.663. The largest absolute Gasteiger partial charge is 0.369 e. The van der Waals surface area contributed by atoms with Crippen molar-refractivity contribution in [3.63, 3.8) is 0 Å². The summed E-state index contributed by atoms with van der Waals surface area (Å²) in [7, 11) is -8.97. The summed E-state index contributed by atoms with van der Waals surface area (Å²) < 4.78 is 22.3. The summed E-state index contributed by atoms with van der Waals surface area (Å²) in [5.74, 6) is 0. The van der Waals surface area contributed by atoms with Crippen LogP contribution in [0.2, 0.25) is 0 Å². The van der Waals surface area contributed by atoms with Crippen LogP contribution < -0.4 is 0 Å². The Labute approximate surface area is 98.6 Å². The highest BCUT2D eigenvalue weighted by Crippen LogP contribution is 2.69. The van der Waals surface area contributed by atoms with E-state index in [1.54, 1.807) is 11.9 Å². The number of likely N-dealkylation sites (tertiary alicyclic amines) is 1. The van der Waals surface area contributed by atoms with Crippen LogP contribution in [0.4, 0.5) is 0 Å². The number of aliphatic hydroxyl groups is 1. The third-order valence-corrected chi connectivity index (χ3v) is 6.91. The molecule has 102 valence electrons. The van der Waals surface area contributed by atoms with Crippen molar-refractivity contribution < 1.29 is 33.8 Å². The number of nitrogens with zero attached hydrogens (tertiary/aromatic N) is 1. The third kappa shape index (κ3) is 2.97. The zero-order valence-corrected chi connectivity index (χ0v) is 11.1. The van der Waals surface area contributed by atoms with E-state index < -0.39 is 32.7 Å². The van der Waals surface area contributed by atoms with Crippen LogP contribution in [0.5, 0.6) is 0 Å². The molecule has 1 aliphatic heterocycles. The summed E-state index contributed by atoms with van der Waals surface area (Å²) in [5, 5.41) is 6.42. The van der Waals surface area contributed by atoms with Gasteiger partial charge >= 0.3 is 15.2 Å². The fraction of sp³-hybridized carbons (Fsp3) is 1.00. The van der Waals surface area contributed by atoms with Crippen molar-refractivity contribution in [2.45, 2.75) is 30.4 Å². The highest BCUT2D eigenvalue weighted by molar-refractivity contribution is 7.72. The molecule has 1 rings (SSSR count). The summed E-state index contributed by atoms with van der Waals surface area (Å²) in [6, 6.07) is -0.444. The SMILES string of the molecule is CN1CCCC1CC(O)(P(=O)(O)O)P(=O)(O)O. The van der Waals surface area contributed by atoms with Gasteiger partial charge in [-0.15, -0.1) is 0 Å². The maximum absolute atomic E-state index is 11.1. The predicted octanol–water partition coefficient (Wildman–Crippen LogP) is -0.528. The van der Waals surface area contributed by atoms with Crippen molar-refractivity contribution in [3.05, 3.63) is 0 Å². The van der Waals surface area contributed by atoms with Crippen LogP contribution in [0.1, 0.15) is 19.3 Å².